The van der Waals surface area contributed by atoms with Crippen LogP contribution in [0.1, 0.15) is 49.6 Å². The second kappa shape index (κ2) is 8.91. The fourth-order valence-electron chi connectivity index (χ4n) is 3.68. The summed E-state index contributed by atoms with van der Waals surface area (Å²) >= 11 is 0. The molecule has 0 saturated heterocycles. The summed E-state index contributed by atoms with van der Waals surface area (Å²) in [5, 5.41) is 3.39. The number of methoxy groups -OCH3 is 1. The van der Waals surface area contributed by atoms with Gasteiger partial charge in [0.25, 0.3) is 0 Å². The predicted molar refractivity (Wildman–Crippen MR) is 118 cm³/mol. The molecule has 0 aromatic carbocycles. The Bertz CT molecular complexity index is 996. The first kappa shape index (κ1) is 21.2. The maximum atomic E-state index is 13.6. The quantitative estimate of drug-likeness (QED) is 0.550. The second-order valence-electron chi connectivity index (χ2n) is 7.82. The predicted octanol–water partition coefficient (Wildman–Crippen LogP) is 5.43. The number of nitrogens with one attached hydrogen (secondary N) is 1. The smallest absolute Gasteiger partial charge is 0.135 e. The van der Waals surface area contributed by atoms with Gasteiger partial charge in [-0.2, -0.15) is 0 Å². The number of hydrogen-bond acceptors (Lipinski definition) is 4. The van der Waals surface area contributed by atoms with E-state index < -0.39 is 6.67 Å². The van der Waals surface area contributed by atoms with Crippen LogP contribution in [-0.2, 0) is 4.74 Å². The summed E-state index contributed by atoms with van der Waals surface area (Å²) in [4.78, 5) is 9.83. The van der Waals surface area contributed by atoms with Crippen molar-refractivity contribution in [3.8, 4) is 11.3 Å². The Morgan fingerprint density at radius 3 is 2.55 bits per heavy atom. The summed E-state index contributed by atoms with van der Waals surface area (Å²) in [5.41, 5.74) is 6.81. The van der Waals surface area contributed by atoms with E-state index in [0.29, 0.717) is 12.5 Å². The number of alkyl halides is 1. The number of anilines is 1. The van der Waals surface area contributed by atoms with Gasteiger partial charge in [-0.3, -0.25) is 0 Å². The van der Waals surface area contributed by atoms with Crippen LogP contribution in [-0.4, -0.2) is 41.5 Å². The molecule has 3 rings (SSSR count). The van der Waals surface area contributed by atoms with Gasteiger partial charge in [-0.05, 0) is 56.0 Å². The van der Waals surface area contributed by atoms with Crippen LogP contribution >= 0.6 is 0 Å². The van der Waals surface area contributed by atoms with Crippen LogP contribution in [0, 0.1) is 13.8 Å². The standard InChI is InChI=1S/C23H31FN4O/c1-7-25-23-18(8-9-19(26-23)14(2)3)21-15(4)10-20-22(27-21)16(5)12-28(20)17(11-24)13-29-6/h8-10,12,14,17H,7,11,13H2,1-6H3,(H,25,26)/t17-/m0/s1. The summed E-state index contributed by atoms with van der Waals surface area (Å²) in [7, 11) is 1.60. The summed E-state index contributed by atoms with van der Waals surface area (Å²) in [5.74, 6) is 1.21. The van der Waals surface area contributed by atoms with Crippen LogP contribution in [0.2, 0.25) is 0 Å². The average Bonchev–Trinajstić information content (AvgIpc) is 3.01. The summed E-state index contributed by atoms with van der Waals surface area (Å²) in [6.07, 6.45) is 1.97. The lowest BCUT2D eigenvalue weighted by molar-refractivity contribution is 0.142. The Labute approximate surface area is 172 Å². The van der Waals surface area contributed by atoms with Crippen molar-refractivity contribution in [2.75, 3.05) is 32.3 Å². The van der Waals surface area contributed by atoms with Crippen molar-refractivity contribution in [2.45, 2.75) is 46.6 Å². The van der Waals surface area contributed by atoms with E-state index in [0.717, 1.165) is 51.5 Å². The molecule has 1 atom stereocenters. The highest BCUT2D eigenvalue weighted by molar-refractivity contribution is 5.86. The number of hydrogen-bond donors (Lipinski definition) is 1. The number of aromatic nitrogens is 3. The molecular formula is C23H31FN4O. The molecular weight excluding hydrogens is 367 g/mol. The molecule has 0 aliphatic carbocycles. The maximum Gasteiger partial charge on any atom is 0.135 e. The Morgan fingerprint density at radius 1 is 1.17 bits per heavy atom. The molecule has 0 fully saturated rings. The van der Waals surface area contributed by atoms with Crippen LogP contribution in [0.4, 0.5) is 10.2 Å². The van der Waals surface area contributed by atoms with Crippen LogP contribution in [0.25, 0.3) is 22.3 Å². The molecule has 0 spiro atoms. The normalized spacial score (nSPS) is 12.7. The molecule has 3 heterocycles. The zero-order chi connectivity index (χ0) is 21.1. The van der Waals surface area contributed by atoms with E-state index in [1.54, 1.807) is 7.11 Å². The molecule has 3 aromatic heterocycles. The maximum absolute atomic E-state index is 13.6. The minimum absolute atomic E-state index is 0.325. The van der Waals surface area contributed by atoms with E-state index in [-0.39, 0.29) is 6.04 Å². The van der Waals surface area contributed by atoms with Crippen molar-refractivity contribution in [3.63, 3.8) is 0 Å². The van der Waals surface area contributed by atoms with E-state index in [2.05, 4.69) is 44.3 Å². The first-order valence-electron chi connectivity index (χ1n) is 10.2. The molecule has 3 aromatic rings. The van der Waals surface area contributed by atoms with Crippen LogP contribution in [0.5, 0.6) is 0 Å². The monoisotopic (exact) mass is 398 g/mol. The molecule has 0 saturated carbocycles. The van der Waals surface area contributed by atoms with Gasteiger partial charge in [-0.1, -0.05) is 13.8 Å². The highest BCUT2D eigenvalue weighted by atomic mass is 19.1. The molecule has 0 unspecified atom stereocenters. The number of pyridine rings is 2. The Hall–Kier alpha value is -2.47. The highest BCUT2D eigenvalue weighted by Gasteiger charge is 2.19. The van der Waals surface area contributed by atoms with Gasteiger partial charge in [0, 0.05) is 31.1 Å². The van der Waals surface area contributed by atoms with Crippen molar-refractivity contribution in [3.05, 3.63) is 41.2 Å². The van der Waals surface area contributed by atoms with Gasteiger partial charge in [-0.15, -0.1) is 0 Å². The Kier molecular flexibility index (Phi) is 6.52. The van der Waals surface area contributed by atoms with Crippen molar-refractivity contribution < 1.29 is 9.13 Å². The zero-order valence-corrected chi connectivity index (χ0v) is 18.2. The van der Waals surface area contributed by atoms with Gasteiger partial charge < -0.3 is 14.6 Å². The van der Waals surface area contributed by atoms with E-state index in [9.17, 15) is 4.39 Å². The zero-order valence-electron chi connectivity index (χ0n) is 18.2. The van der Waals surface area contributed by atoms with Crippen molar-refractivity contribution in [1.29, 1.82) is 0 Å². The largest absolute Gasteiger partial charge is 0.382 e. The van der Waals surface area contributed by atoms with Crippen LogP contribution in [0.3, 0.4) is 0 Å². The van der Waals surface area contributed by atoms with Crippen LogP contribution in [0.15, 0.2) is 24.4 Å². The molecule has 0 amide bonds. The second-order valence-corrected chi connectivity index (χ2v) is 7.82. The minimum atomic E-state index is -0.483. The van der Waals surface area contributed by atoms with Crippen molar-refractivity contribution in [1.82, 2.24) is 14.5 Å². The molecule has 156 valence electrons. The third kappa shape index (κ3) is 4.13. The molecule has 0 aliphatic rings. The van der Waals surface area contributed by atoms with E-state index in [1.165, 1.54) is 0 Å². The first-order valence-corrected chi connectivity index (χ1v) is 10.2. The summed E-state index contributed by atoms with van der Waals surface area (Å²) in [6.45, 7) is 11.0. The number of halogens is 1. The number of nitrogens with zero attached hydrogens (tertiary/aromatic N) is 3. The molecule has 1 N–H and O–H groups in total. The molecule has 0 bridgehead atoms. The molecule has 6 heteroatoms. The first-order chi connectivity index (χ1) is 13.9. The minimum Gasteiger partial charge on any atom is -0.382 e. The number of rotatable bonds is 8. The Morgan fingerprint density at radius 2 is 1.93 bits per heavy atom. The van der Waals surface area contributed by atoms with E-state index in [4.69, 9.17) is 14.7 Å². The van der Waals surface area contributed by atoms with Gasteiger partial charge in [-0.25, -0.2) is 14.4 Å². The van der Waals surface area contributed by atoms with Crippen molar-refractivity contribution in [2.24, 2.45) is 0 Å². The number of aryl methyl sites for hydroxylation is 2. The summed E-state index contributed by atoms with van der Waals surface area (Å²) < 4.78 is 20.8. The lowest BCUT2D eigenvalue weighted by Gasteiger charge is -2.17. The lowest BCUT2D eigenvalue weighted by Crippen LogP contribution is -2.16. The molecule has 5 nitrogen and oxygen atoms in total. The Balaban J connectivity index is 2.17. The highest BCUT2D eigenvalue weighted by Crippen LogP contribution is 2.33. The third-order valence-corrected chi connectivity index (χ3v) is 5.22. The van der Waals surface area contributed by atoms with Crippen LogP contribution < -0.4 is 5.32 Å². The summed E-state index contributed by atoms with van der Waals surface area (Å²) in [6, 6.07) is 5.91. The van der Waals surface area contributed by atoms with Gasteiger partial charge in [0.05, 0.1) is 29.4 Å². The van der Waals surface area contributed by atoms with Crippen molar-refractivity contribution >= 4 is 16.9 Å². The number of fused-ring (bicyclic) bond motifs is 1. The molecule has 0 aliphatic heterocycles. The topological polar surface area (TPSA) is 52.0 Å². The number of ether oxygens (including phenoxy) is 1. The van der Waals surface area contributed by atoms with Gasteiger partial charge in [0.2, 0.25) is 0 Å². The lowest BCUT2D eigenvalue weighted by atomic mass is 10.0. The van der Waals surface area contributed by atoms with Gasteiger partial charge in [0.1, 0.15) is 12.5 Å². The van der Waals surface area contributed by atoms with Gasteiger partial charge in [0.15, 0.2) is 0 Å². The van der Waals surface area contributed by atoms with E-state index >= 15 is 0 Å². The molecule has 29 heavy (non-hydrogen) atoms. The SMILES string of the molecule is CCNc1nc(C(C)C)ccc1-c1nc2c(C)cn([C@@H](CF)COC)c2cc1C. The average molecular weight is 399 g/mol. The fourth-order valence-corrected chi connectivity index (χ4v) is 3.68. The molecule has 0 radical (unpaired) electrons. The third-order valence-electron chi connectivity index (χ3n) is 5.22. The van der Waals surface area contributed by atoms with E-state index in [1.807, 2.05) is 24.6 Å². The fraction of sp³-hybridized carbons (Fsp3) is 0.478. The van der Waals surface area contributed by atoms with Gasteiger partial charge >= 0.3 is 0 Å².